The van der Waals surface area contributed by atoms with E-state index in [0.29, 0.717) is 18.7 Å². The van der Waals surface area contributed by atoms with Gasteiger partial charge in [0.2, 0.25) is 0 Å². The van der Waals surface area contributed by atoms with Crippen LogP contribution in [0.5, 0.6) is 0 Å². The molecule has 0 bridgehead atoms. The maximum absolute atomic E-state index is 11.5. The van der Waals surface area contributed by atoms with Crippen LogP contribution in [0.1, 0.15) is 12.0 Å². The lowest BCUT2D eigenvalue weighted by Crippen LogP contribution is -2.29. The molecule has 3 aromatic rings. The summed E-state index contributed by atoms with van der Waals surface area (Å²) >= 11 is 0. The van der Waals surface area contributed by atoms with Crippen molar-refractivity contribution in [3.63, 3.8) is 0 Å². The number of nitrogens with zero attached hydrogens (tertiary/aromatic N) is 2. The number of aromatic nitrogens is 2. The van der Waals surface area contributed by atoms with Crippen LogP contribution in [0.15, 0.2) is 54.9 Å². The Morgan fingerprint density at radius 3 is 2.33 bits per heavy atom. The van der Waals surface area contributed by atoms with Crippen molar-refractivity contribution in [1.82, 2.24) is 14.9 Å². The highest BCUT2D eigenvalue weighted by Gasteiger charge is 2.27. The van der Waals surface area contributed by atoms with E-state index in [-0.39, 0.29) is 11.8 Å². The van der Waals surface area contributed by atoms with Gasteiger partial charge in [0.25, 0.3) is 0 Å². The third-order valence-corrected chi connectivity index (χ3v) is 6.45. The van der Waals surface area contributed by atoms with E-state index in [9.17, 15) is 8.42 Å². The number of fused-ring (bicyclic) bond motifs is 1. The van der Waals surface area contributed by atoms with Crippen LogP contribution in [0.2, 0.25) is 0 Å². The SMILES string of the molecule is O=C(O)C(=O)O.O=S1(=O)CCC(NCc2ccc(-n3cnc4ccccc43)cc2)C1. The largest absolute Gasteiger partial charge is 0.473 e. The molecule has 2 heterocycles. The fraction of sp³-hybridized carbons (Fsp3) is 0.250. The number of carboxylic acids is 2. The number of rotatable bonds is 4. The van der Waals surface area contributed by atoms with Gasteiger partial charge in [-0.25, -0.2) is 23.0 Å². The van der Waals surface area contributed by atoms with Crippen LogP contribution in [-0.4, -0.2) is 57.7 Å². The number of hydrogen-bond acceptors (Lipinski definition) is 6. The molecule has 4 rings (SSSR count). The zero-order chi connectivity index (χ0) is 21.7. The van der Waals surface area contributed by atoms with Gasteiger partial charge in [-0.2, -0.15) is 0 Å². The Bertz CT molecular complexity index is 1140. The van der Waals surface area contributed by atoms with Gasteiger partial charge in [-0.1, -0.05) is 24.3 Å². The van der Waals surface area contributed by atoms with Crippen molar-refractivity contribution >= 4 is 32.8 Å². The molecule has 30 heavy (non-hydrogen) atoms. The first kappa shape index (κ1) is 21.5. The Labute approximate surface area is 172 Å². The van der Waals surface area contributed by atoms with Crippen molar-refractivity contribution in [2.75, 3.05) is 11.5 Å². The van der Waals surface area contributed by atoms with Gasteiger partial charge in [-0.05, 0) is 36.2 Å². The first-order valence-corrected chi connectivity index (χ1v) is 11.0. The predicted molar refractivity (Wildman–Crippen MR) is 110 cm³/mol. The highest BCUT2D eigenvalue weighted by atomic mass is 32.2. The van der Waals surface area contributed by atoms with Gasteiger partial charge in [-0.15, -0.1) is 0 Å². The molecule has 1 aliphatic heterocycles. The van der Waals surface area contributed by atoms with Gasteiger partial charge in [0.1, 0.15) is 6.33 Å². The van der Waals surface area contributed by atoms with E-state index in [0.717, 1.165) is 22.3 Å². The molecule has 0 spiro atoms. The molecule has 1 aliphatic rings. The lowest BCUT2D eigenvalue weighted by Gasteiger charge is -2.11. The summed E-state index contributed by atoms with van der Waals surface area (Å²) in [4.78, 5) is 22.6. The van der Waals surface area contributed by atoms with Gasteiger partial charge in [0.05, 0.1) is 22.5 Å². The third-order valence-electron chi connectivity index (χ3n) is 4.68. The first-order chi connectivity index (χ1) is 14.2. The number of sulfone groups is 1. The van der Waals surface area contributed by atoms with E-state index >= 15 is 0 Å². The highest BCUT2D eigenvalue weighted by Crippen LogP contribution is 2.18. The Balaban J connectivity index is 0.000000377. The first-order valence-electron chi connectivity index (χ1n) is 9.16. The molecule has 1 fully saturated rings. The average Bonchev–Trinajstić information content (AvgIpc) is 3.30. The van der Waals surface area contributed by atoms with Crippen LogP contribution in [0.4, 0.5) is 0 Å². The van der Waals surface area contributed by atoms with Crippen molar-refractivity contribution in [2.24, 2.45) is 0 Å². The third kappa shape index (κ3) is 5.43. The summed E-state index contributed by atoms with van der Waals surface area (Å²) in [6.45, 7) is 0.686. The number of para-hydroxylation sites is 2. The minimum absolute atomic E-state index is 0.0762. The topological polar surface area (TPSA) is 139 Å². The summed E-state index contributed by atoms with van der Waals surface area (Å²) in [7, 11) is -2.83. The summed E-state index contributed by atoms with van der Waals surface area (Å²) in [6.07, 6.45) is 2.54. The average molecular weight is 431 g/mol. The van der Waals surface area contributed by atoms with E-state index in [2.05, 4.69) is 45.2 Å². The molecule has 1 unspecified atom stereocenters. The number of hydrogen-bond donors (Lipinski definition) is 3. The molecule has 0 radical (unpaired) electrons. The summed E-state index contributed by atoms with van der Waals surface area (Å²) in [5.41, 5.74) is 4.27. The molecular formula is C20H21N3O6S. The minimum Gasteiger partial charge on any atom is -0.473 e. The number of carboxylic acid groups (broad SMARTS) is 2. The lowest BCUT2D eigenvalue weighted by atomic mass is 10.2. The van der Waals surface area contributed by atoms with Crippen LogP contribution >= 0.6 is 0 Å². The number of nitrogens with one attached hydrogen (secondary N) is 1. The molecule has 0 saturated carbocycles. The number of aliphatic carboxylic acids is 2. The minimum atomic E-state index is -2.83. The van der Waals surface area contributed by atoms with Gasteiger partial charge >= 0.3 is 11.9 Å². The summed E-state index contributed by atoms with van der Waals surface area (Å²) in [5, 5.41) is 18.1. The Morgan fingerprint density at radius 1 is 1.07 bits per heavy atom. The summed E-state index contributed by atoms with van der Waals surface area (Å²) < 4.78 is 25.0. The van der Waals surface area contributed by atoms with Crippen LogP contribution in [0.3, 0.4) is 0 Å². The Hall–Kier alpha value is -3.24. The maximum atomic E-state index is 11.5. The van der Waals surface area contributed by atoms with Gasteiger partial charge in [0.15, 0.2) is 9.84 Å². The number of carbonyl (C=O) groups is 2. The van der Waals surface area contributed by atoms with Crippen molar-refractivity contribution in [2.45, 2.75) is 19.0 Å². The second kappa shape index (κ2) is 9.06. The zero-order valence-corrected chi connectivity index (χ0v) is 16.7. The van der Waals surface area contributed by atoms with Gasteiger partial charge in [0, 0.05) is 18.3 Å². The molecule has 3 N–H and O–H groups in total. The molecule has 1 saturated heterocycles. The van der Waals surface area contributed by atoms with E-state index in [1.54, 1.807) is 0 Å². The molecular weight excluding hydrogens is 410 g/mol. The Kier molecular flexibility index (Phi) is 6.48. The fourth-order valence-corrected chi connectivity index (χ4v) is 4.87. The normalized spacial score (nSPS) is 17.3. The van der Waals surface area contributed by atoms with Gasteiger partial charge < -0.3 is 15.5 Å². The van der Waals surface area contributed by atoms with E-state index in [4.69, 9.17) is 19.8 Å². The molecule has 0 aliphatic carbocycles. The van der Waals surface area contributed by atoms with E-state index < -0.39 is 21.8 Å². The zero-order valence-electron chi connectivity index (χ0n) is 15.9. The second-order valence-electron chi connectivity index (χ2n) is 6.86. The predicted octanol–water partition coefficient (Wildman–Crippen LogP) is 1.46. The molecule has 1 aromatic heterocycles. The molecule has 9 nitrogen and oxygen atoms in total. The van der Waals surface area contributed by atoms with E-state index in [1.807, 2.05) is 24.5 Å². The van der Waals surface area contributed by atoms with Crippen LogP contribution in [-0.2, 0) is 26.0 Å². The highest BCUT2D eigenvalue weighted by molar-refractivity contribution is 7.91. The van der Waals surface area contributed by atoms with Crippen LogP contribution < -0.4 is 5.32 Å². The number of benzene rings is 2. The Morgan fingerprint density at radius 2 is 1.73 bits per heavy atom. The van der Waals surface area contributed by atoms with Crippen LogP contribution in [0.25, 0.3) is 16.7 Å². The van der Waals surface area contributed by atoms with Gasteiger partial charge in [-0.3, -0.25) is 4.57 Å². The molecule has 10 heteroatoms. The fourth-order valence-electron chi connectivity index (χ4n) is 3.16. The summed E-state index contributed by atoms with van der Waals surface area (Å²) in [5.74, 6) is -3.09. The van der Waals surface area contributed by atoms with Crippen molar-refractivity contribution in [3.05, 3.63) is 60.4 Å². The quantitative estimate of drug-likeness (QED) is 0.528. The molecule has 1 atom stereocenters. The molecule has 2 aromatic carbocycles. The number of imidazole rings is 1. The second-order valence-corrected chi connectivity index (χ2v) is 9.09. The summed E-state index contributed by atoms with van der Waals surface area (Å²) in [6, 6.07) is 16.4. The molecule has 158 valence electrons. The lowest BCUT2D eigenvalue weighted by molar-refractivity contribution is -0.159. The monoisotopic (exact) mass is 431 g/mol. The van der Waals surface area contributed by atoms with Crippen molar-refractivity contribution < 1.29 is 28.2 Å². The molecule has 0 amide bonds. The van der Waals surface area contributed by atoms with E-state index in [1.165, 1.54) is 0 Å². The van der Waals surface area contributed by atoms with Crippen molar-refractivity contribution in [3.8, 4) is 5.69 Å². The smallest absolute Gasteiger partial charge is 0.414 e. The van der Waals surface area contributed by atoms with Crippen molar-refractivity contribution in [1.29, 1.82) is 0 Å². The standard InChI is InChI=1S/C18H19N3O2S.C2H2O4/c22-24(23)10-9-15(12-24)19-11-14-5-7-16(8-6-14)21-13-20-17-3-1-2-4-18(17)21;3-1(4)2(5)6/h1-8,13,15,19H,9-12H2;(H,3,4)(H,5,6). The van der Waals surface area contributed by atoms with Crippen LogP contribution in [0, 0.1) is 0 Å². The maximum Gasteiger partial charge on any atom is 0.414 e.